The van der Waals surface area contributed by atoms with Crippen LogP contribution in [0.25, 0.3) is 0 Å². The molecular formula is C9H14NO. The normalized spacial score (nSPS) is 31.0. The van der Waals surface area contributed by atoms with Crippen LogP contribution in [0.3, 0.4) is 0 Å². The minimum absolute atomic E-state index is 0.385. The Kier molecular flexibility index (Phi) is 1.63. The van der Waals surface area contributed by atoms with Crippen molar-refractivity contribution in [1.29, 1.82) is 0 Å². The van der Waals surface area contributed by atoms with Crippen LogP contribution in [0, 0.1) is 18.8 Å². The summed E-state index contributed by atoms with van der Waals surface area (Å²) in [6.07, 6.45) is 3.34. The van der Waals surface area contributed by atoms with Gasteiger partial charge in [0, 0.05) is 19.0 Å². The van der Waals surface area contributed by atoms with Gasteiger partial charge < -0.3 is 4.90 Å². The van der Waals surface area contributed by atoms with Crippen molar-refractivity contribution in [3.8, 4) is 0 Å². The van der Waals surface area contributed by atoms with Crippen molar-refractivity contribution in [1.82, 2.24) is 4.90 Å². The van der Waals surface area contributed by atoms with Gasteiger partial charge in [0.25, 0.3) is 0 Å². The van der Waals surface area contributed by atoms with Gasteiger partial charge in [-0.2, -0.15) is 0 Å². The highest BCUT2D eigenvalue weighted by Crippen LogP contribution is 2.32. The Morgan fingerprint density at radius 2 is 2.09 bits per heavy atom. The van der Waals surface area contributed by atoms with Crippen molar-refractivity contribution in [3.63, 3.8) is 0 Å². The van der Waals surface area contributed by atoms with Crippen molar-refractivity contribution < 1.29 is 4.79 Å². The fourth-order valence-corrected chi connectivity index (χ4v) is 1.62. The highest BCUT2D eigenvalue weighted by Gasteiger charge is 2.35. The average molecular weight is 152 g/mol. The first-order valence-corrected chi connectivity index (χ1v) is 4.39. The molecule has 2 rings (SSSR count). The van der Waals surface area contributed by atoms with E-state index >= 15 is 0 Å². The third-order valence-corrected chi connectivity index (χ3v) is 2.52. The summed E-state index contributed by atoms with van der Waals surface area (Å²) in [6.45, 7) is 5.80. The molecule has 61 valence electrons. The summed E-state index contributed by atoms with van der Waals surface area (Å²) < 4.78 is 0. The number of rotatable bonds is 1. The van der Waals surface area contributed by atoms with Gasteiger partial charge in [-0.15, -0.1) is 0 Å². The van der Waals surface area contributed by atoms with Crippen LogP contribution in [0.5, 0.6) is 0 Å². The lowest BCUT2D eigenvalue weighted by atomic mass is 10.2. The van der Waals surface area contributed by atoms with E-state index in [1.54, 1.807) is 0 Å². The molecule has 1 unspecified atom stereocenters. The van der Waals surface area contributed by atoms with Crippen LogP contribution in [0.2, 0.25) is 0 Å². The molecule has 1 atom stereocenters. The van der Waals surface area contributed by atoms with Crippen molar-refractivity contribution in [2.45, 2.75) is 19.3 Å². The molecule has 0 N–H and O–H groups in total. The second kappa shape index (κ2) is 2.50. The number of hydrogen-bond acceptors (Lipinski definition) is 1. The predicted octanol–water partition coefficient (Wildman–Crippen LogP) is 1.08. The van der Waals surface area contributed by atoms with Gasteiger partial charge in [0.05, 0.1) is 0 Å². The Morgan fingerprint density at radius 3 is 2.55 bits per heavy atom. The Balaban J connectivity index is 1.89. The zero-order chi connectivity index (χ0) is 7.84. The summed E-state index contributed by atoms with van der Waals surface area (Å²) in [4.78, 5) is 13.4. The standard InChI is InChI=1S/C9H14NO/c1-7-4-5-10(6-7)9(11)8-2-3-8/h7-8H,1-6H2. The lowest BCUT2D eigenvalue weighted by Crippen LogP contribution is -2.29. The number of hydrogen-bond donors (Lipinski definition) is 0. The zero-order valence-electron chi connectivity index (χ0n) is 6.75. The molecule has 1 amide bonds. The molecule has 11 heavy (non-hydrogen) atoms. The van der Waals surface area contributed by atoms with Crippen molar-refractivity contribution >= 4 is 5.91 Å². The first kappa shape index (κ1) is 7.14. The highest BCUT2D eigenvalue weighted by atomic mass is 16.2. The number of carbonyl (C=O) groups excluding carboxylic acids is 1. The Hall–Kier alpha value is -0.530. The van der Waals surface area contributed by atoms with E-state index in [0.29, 0.717) is 17.7 Å². The van der Waals surface area contributed by atoms with E-state index in [-0.39, 0.29) is 0 Å². The first-order chi connectivity index (χ1) is 5.27. The molecule has 1 aliphatic heterocycles. The summed E-state index contributed by atoms with van der Waals surface area (Å²) in [7, 11) is 0. The van der Waals surface area contributed by atoms with E-state index in [9.17, 15) is 4.79 Å². The minimum Gasteiger partial charge on any atom is -0.342 e. The van der Waals surface area contributed by atoms with Crippen molar-refractivity contribution in [3.05, 3.63) is 6.92 Å². The number of nitrogens with zero attached hydrogens (tertiary/aromatic N) is 1. The van der Waals surface area contributed by atoms with E-state index in [0.717, 1.165) is 32.4 Å². The zero-order valence-corrected chi connectivity index (χ0v) is 6.75. The van der Waals surface area contributed by atoms with Gasteiger partial charge in [-0.25, -0.2) is 0 Å². The second-order valence-electron chi connectivity index (χ2n) is 3.71. The Morgan fingerprint density at radius 1 is 1.36 bits per heavy atom. The maximum Gasteiger partial charge on any atom is 0.225 e. The fraction of sp³-hybridized carbons (Fsp3) is 0.778. The van der Waals surface area contributed by atoms with Crippen LogP contribution in [-0.4, -0.2) is 23.9 Å². The number of likely N-dealkylation sites (tertiary alicyclic amines) is 1. The number of amides is 1. The summed E-state index contributed by atoms with van der Waals surface area (Å²) >= 11 is 0. The summed E-state index contributed by atoms with van der Waals surface area (Å²) in [5.74, 6) is 1.26. The van der Waals surface area contributed by atoms with Crippen molar-refractivity contribution in [2.24, 2.45) is 11.8 Å². The van der Waals surface area contributed by atoms with E-state index in [1.807, 2.05) is 4.90 Å². The van der Waals surface area contributed by atoms with E-state index in [4.69, 9.17) is 0 Å². The monoisotopic (exact) mass is 152 g/mol. The average Bonchev–Trinajstić information content (AvgIpc) is 2.74. The van der Waals surface area contributed by atoms with Gasteiger partial charge in [-0.05, 0) is 32.1 Å². The minimum atomic E-state index is 0.385. The molecule has 2 aliphatic rings. The molecule has 0 aromatic heterocycles. The molecule has 1 saturated heterocycles. The molecule has 0 aromatic rings. The Bertz CT molecular complexity index is 174. The van der Waals surface area contributed by atoms with Crippen LogP contribution in [-0.2, 0) is 4.79 Å². The molecule has 0 spiro atoms. The van der Waals surface area contributed by atoms with Gasteiger partial charge in [0.1, 0.15) is 0 Å². The molecule has 1 saturated carbocycles. The Labute approximate surface area is 67.6 Å². The molecule has 2 nitrogen and oxygen atoms in total. The van der Waals surface area contributed by atoms with E-state index in [2.05, 4.69) is 6.92 Å². The smallest absolute Gasteiger partial charge is 0.225 e. The van der Waals surface area contributed by atoms with Gasteiger partial charge in [-0.3, -0.25) is 4.79 Å². The third-order valence-electron chi connectivity index (χ3n) is 2.52. The van der Waals surface area contributed by atoms with E-state index < -0.39 is 0 Å². The largest absolute Gasteiger partial charge is 0.342 e. The van der Waals surface area contributed by atoms with Crippen LogP contribution in [0.4, 0.5) is 0 Å². The molecule has 1 heterocycles. The summed E-state index contributed by atoms with van der Waals surface area (Å²) in [6, 6.07) is 0. The number of carbonyl (C=O) groups is 1. The predicted molar refractivity (Wildman–Crippen MR) is 42.8 cm³/mol. The van der Waals surface area contributed by atoms with Crippen LogP contribution < -0.4 is 0 Å². The van der Waals surface area contributed by atoms with Gasteiger partial charge >= 0.3 is 0 Å². The summed E-state index contributed by atoms with van der Waals surface area (Å²) in [5.41, 5.74) is 0. The molecular weight excluding hydrogens is 138 g/mol. The first-order valence-electron chi connectivity index (χ1n) is 4.39. The molecule has 2 fully saturated rings. The highest BCUT2D eigenvalue weighted by molar-refractivity contribution is 5.81. The fourth-order valence-electron chi connectivity index (χ4n) is 1.62. The third kappa shape index (κ3) is 1.39. The maximum atomic E-state index is 11.5. The summed E-state index contributed by atoms with van der Waals surface area (Å²) in [5, 5.41) is 0. The second-order valence-corrected chi connectivity index (χ2v) is 3.71. The van der Waals surface area contributed by atoms with Crippen LogP contribution >= 0.6 is 0 Å². The maximum absolute atomic E-state index is 11.5. The topological polar surface area (TPSA) is 20.3 Å². The van der Waals surface area contributed by atoms with Crippen LogP contribution in [0.1, 0.15) is 19.3 Å². The SMILES string of the molecule is [CH2]C1CCN(C(=O)C2CC2)C1. The lowest BCUT2D eigenvalue weighted by Gasteiger charge is -2.14. The van der Waals surface area contributed by atoms with Gasteiger partial charge in [0.2, 0.25) is 5.91 Å². The van der Waals surface area contributed by atoms with Gasteiger partial charge in [0.15, 0.2) is 0 Å². The lowest BCUT2D eigenvalue weighted by molar-refractivity contribution is -0.131. The molecule has 2 heteroatoms. The molecule has 0 bridgehead atoms. The van der Waals surface area contributed by atoms with Crippen molar-refractivity contribution in [2.75, 3.05) is 13.1 Å². The van der Waals surface area contributed by atoms with Gasteiger partial charge in [-0.1, -0.05) is 0 Å². The van der Waals surface area contributed by atoms with E-state index in [1.165, 1.54) is 0 Å². The quantitative estimate of drug-likeness (QED) is 0.550. The molecule has 1 aliphatic carbocycles. The van der Waals surface area contributed by atoms with Crippen LogP contribution in [0.15, 0.2) is 0 Å². The molecule has 1 radical (unpaired) electrons. The molecule has 0 aromatic carbocycles.